The maximum atomic E-state index is 11.2. The van der Waals surface area contributed by atoms with Crippen molar-refractivity contribution in [1.82, 2.24) is 4.98 Å². The number of aromatic nitrogens is 1. The highest BCUT2D eigenvalue weighted by molar-refractivity contribution is 7.13. The fourth-order valence-corrected chi connectivity index (χ4v) is 2.76. The van der Waals surface area contributed by atoms with Crippen LogP contribution in [0.2, 0.25) is 0 Å². The average molecular weight is 270 g/mol. The molecular weight excluding hydrogens is 252 g/mol. The van der Waals surface area contributed by atoms with E-state index in [1.165, 1.54) is 11.3 Å². The van der Waals surface area contributed by atoms with Gasteiger partial charge in [-0.1, -0.05) is 0 Å². The third kappa shape index (κ3) is 2.49. The lowest BCUT2D eigenvalue weighted by Crippen LogP contribution is -2.29. The second kappa shape index (κ2) is 4.85. The van der Waals surface area contributed by atoms with Crippen molar-refractivity contribution in [2.45, 2.75) is 44.8 Å². The summed E-state index contributed by atoms with van der Waals surface area (Å²) in [7, 11) is 0. The molecule has 2 N–H and O–H groups in total. The third-order valence-electron chi connectivity index (χ3n) is 3.36. The summed E-state index contributed by atoms with van der Waals surface area (Å²) in [5.74, 6) is -0.864. The molecular formula is C12H18N2O3S. The Morgan fingerprint density at radius 3 is 2.94 bits per heavy atom. The Morgan fingerprint density at radius 2 is 2.39 bits per heavy atom. The van der Waals surface area contributed by atoms with E-state index in [1.54, 1.807) is 19.2 Å². The van der Waals surface area contributed by atoms with Crippen LogP contribution in [0.3, 0.4) is 0 Å². The van der Waals surface area contributed by atoms with Gasteiger partial charge in [0.1, 0.15) is 5.41 Å². The minimum atomic E-state index is -0.950. The number of hydrogen-bond acceptors (Lipinski definition) is 5. The SMILES string of the molecule is CC1OCCC1Nc1nc(C(C)(C)C(=O)O)cs1. The number of carboxylic acid groups (broad SMARTS) is 1. The summed E-state index contributed by atoms with van der Waals surface area (Å²) < 4.78 is 5.47. The van der Waals surface area contributed by atoms with Crippen LogP contribution in [0.5, 0.6) is 0 Å². The van der Waals surface area contributed by atoms with Gasteiger partial charge < -0.3 is 15.2 Å². The molecule has 1 aliphatic rings. The lowest BCUT2D eigenvalue weighted by molar-refractivity contribution is -0.142. The minimum Gasteiger partial charge on any atom is -0.481 e. The Morgan fingerprint density at radius 1 is 1.67 bits per heavy atom. The second-order valence-electron chi connectivity index (χ2n) is 5.08. The zero-order chi connectivity index (χ0) is 13.3. The van der Waals surface area contributed by atoms with Crippen molar-refractivity contribution in [3.05, 3.63) is 11.1 Å². The van der Waals surface area contributed by atoms with Gasteiger partial charge in [-0.15, -0.1) is 11.3 Å². The normalized spacial score (nSPS) is 24.2. The lowest BCUT2D eigenvalue weighted by Gasteiger charge is -2.17. The number of carboxylic acids is 1. The fourth-order valence-electron chi connectivity index (χ4n) is 1.82. The van der Waals surface area contributed by atoms with E-state index < -0.39 is 11.4 Å². The molecule has 0 aliphatic carbocycles. The summed E-state index contributed by atoms with van der Waals surface area (Å²) in [6.07, 6.45) is 1.13. The summed E-state index contributed by atoms with van der Waals surface area (Å²) in [6.45, 7) is 6.11. The van der Waals surface area contributed by atoms with Gasteiger partial charge in [0, 0.05) is 12.0 Å². The summed E-state index contributed by atoms with van der Waals surface area (Å²) in [4.78, 5) is 15.5. The summed E-state index contributed by atoms with van der Waals surface area (Å²) in [6, 6.07) is 0.261. The van der Waals surface area contributed by atoms with Crippen molar-refractivity contribution >= 4 is 22.4 Å². The molecule has 2 unspecified atom stereocenters. The van der Waals surface area contributed by atoms with Crippen LogP contribution >= 0.6 is 11.3 Å². The van der Waals surface area contributed by atoms with Crippen LogP contribution in [0.1, 0.15) is 32.9 Å². The zero-order valence-corrected chi connectivity index (χ0v) is 11.6. The molecule has 1 aromatic heterocycles. The van der Waals surface area contributed by atoms with Crippen LogP contribution < -0.4 is 5.32 Å². The highest BCUT2D eigenvalue weighted by Gasteiger charge is 2.32. The van der Waals surface area contributed by atoms with E-state index in [0.717, 1.165) is 18.2 Å². The van der Waals surface area contributed by atoms with Crippen molar-refractivity contribution in [1.29, 1.82) is 0 Å². The van der Waals surface area contributed by atoms with Crippen LogP contribution in [-0.2, 0) is 14.9 Å². The first-order valence-electron chi connectivity index (χ1n) is 5.99. The van der Waals surface area contributed by atoms with E-state index in [0.29, 0.717) is 5.69 Å². The molecule has 1 saturated heterocycles. The van der Waals surface area contributed by atoms with Gasteiger partial charge in [0.25, 0.3) is 0 Å². The van der Waals surface area contributed by atoms with E-state index in [-0.39, 0.29) is 12.1 Å². The number of nitrogens with one attached hydrogen (secondary N) is 1. The Hall–Kier alpha value is -1.14. The Kier molecular flexibility index (Phi) is 3.59. The van der Waals surface area contributed by atoms with Crippen LogP contribution in [0.4, 0.5) is 5.13 Å². The van der Waals surface area contributed by atoms with E-state index in [9.17, 15) is 4.79 Å². The molecule has 0 aromatic carbocycles. The number of aliphatic carboxylic acids is 1. The third-order valence-corrected chi connectivity index (χ3v) is 4.14. The highest BCUT2D eigenvalue weighted by Crippen LogP contribution is 2.28. The molecule has 18 heavy (non-hydrogen) atoms. The van der Waals surface area contributed by atoms with Gasteiger partial charge in [-0.2, -0.15) is 0 Å². The first-order chi connectivity index (χ1) is 8.41. The Balaban J connectivity index is 2.09. The largest absolute Gasteiger partial charge is 0.481 e. The predicted molar refractivity (Wildman–Crippen MR) is 70.2 cm³/mol. The zero-order valence-electron chi connectivity index (χ0n) is 10.8. The Bertz CT molecular complexity index is 444. The molecule has 2 rings (SSSR count). The molecule has 1 fully saturated rings. The lowest BCUT2D eigenvalue weighted by atomic mass is 9.90. The average Bonchev–Trinajstić information content (AvgIpc) is 2.90. The first-order valence-corrected chi connectivity index (χ1v) is 6.87. The van der Waals surface area contributed by atoms with E-state index >= 15 is 0 Å². The van der Waals surface area contributed by atoms with Gasteiger partial charge in [-0.05, 0) is 27.2 Å². The standard InChI is InChI=1S/C12H18N2O3S/c1-7-8(4-5-17-7)13-11-14-9(6-18-11)12(2,3)10(15)16/h6-8H,4-5H2,1-3H3,(H,13,14)(H,15,16). The van der Waals surface area contributed by atoms with E-state index in [1.807, 2.05) is 6.92 Å². The van der Waals surface area contributed by atoms with Gasteiger partial charge in [0.15, 0.2) is 5.13 Å². The van der Waals surface area contributed by atoms with Crippen molar-refractivity contribution in [2.75, 3.05) is 11.9 Å². The van der Waals surface area contributed by atoms with Crippen LogP contribution in [0.25, 0.3) is 0 Å². The van der Waals surface area contributed by atoms with Crippen molar-refractivity contribution in [3.8, 4) is 0 Å². The van der Waals surface area contributed by atoms with Gasteiger partial charge in [0.2, 0.25) is 0 Å². The summed E-state index contributed by atoms with van der Waals surface area (Å²) in [5, 5.41) is 15.0. The molecule has 6 heteroatoms. The van der Waals surface area contributed by atoms with Crippen LogP contribution in [0, 0.1) is 0 Å². The number of carbonyl (C=O) groups is 1. The maximum Gasteiger partial charge on any atom is 0.315 e. The second-order valence-corrected chi connectivity index (χ2v) is 5.94. The number of nitrogens with zero attached hydrogens (tertiary/aromatic N) is 1. The van der Waals surface area contributed by atoms with Crippen molar-refractivity contribution in [3.63, 3.8) is 0 Å². The molecule has 2 atom stereocenters. The van der Waals surface area contributed by atoms with Gasteiger partial charge in [-0.25, -0.2) is 4.98 Å². The maximum absolute atomic E-state index is 11.2. The summed E-state index contributed by atoms with van der Waals surface area (Å²) >= 11 is 1.44. The molecule has 2 heterocycles. The number of thiazole rings is 1. The van der Waals surface area contributed by atoms with Crippen molar-refractivity contribution in [2.24, 2.45) is 0 Å². The molecule has 1 aromatic rings. The van der Waals surface area contributed by atoms with Crippen LogP contribution in [0.15, 0.2) is 5.38 Å². The molecule has 0 saturated carbocycles. The minimum absolute atomic E-state index is 0.171. The van der Waals surface area contributed by atoms with E-state index in [2.05, 4.69) is 10.3 Å². The molecule has 1 aliphatic heterocycles. The smallest absolute Gasteiger partial charge is 0.315 e. The van der Waals surface area contributed by atoms with Gasteiger partial charge >= 0.3 is 5.97 Å². The van der Waals surface area contributed by atoms with Crippen LogP contribution in [-0.4, -0.2) is 34.8 Å². The monoisotopic (exact) mass is 270 g/mol. The predicted octanol–water partition coefficient (Wildman–Crippen LogP) is 2.09. The number of anilines is 1. The van der Waals surface area contributed by atoms with Gasteiger partial charge in [-0.3, -0.25) is 4.79 Å². The molecule has 0 amide bonds. The highest BCUT2D eigenvalue weighted by atomic mass is 32.1. The number of ether oxygens (including phenoxy) is 1. The number of hydrogen-bond donors (Lipinski definition) is 2. The molecule has 0 spiro atoms. The topological polar surface area (TPSA) is 71.5 Å². The van der Waals surface area contributed by atoms with E-state index in [4.69, 9.17) is 9.84 Å². The molecule has 0 radical (unpaired) electrons. The van der Waals surface area contributed by atoms with Crippen molar-refractivity contribution < 1.29 is 14.6 Å². The summed E-state index contributed by atoms with van der Waals surface area (Å²) in [5.41, 5.74) is -0.358. The van der Waals surface area contributed by atoms with Gasteiger partial charge in [0.05, 0.1) is 17.8 Å². The molecule has 100 valence electrons. The Labute approximate surface area is 110 Å². The fraction of sp³-hybridized carbons (Fsp3) is 0.667. The quantitative estimate of drug-likeness (QED) is 0.876. The first kappa shape index (κ1) is 13.3. The molecule has 5 nitrogen and oxygen atoms in total. The number of rotatable bonds is 4. The molecule has 0 bridgehead atoms.